The highest BCUT2D eigenvalue weighted by atomic mass is 32.2. The largest absolute Gasteiger partial charge is 0.332 e. The number of benzene rings is 1. The maximum atomic E-state index is 12.9. The Morgan fingerprint density at radius 1 is 1.16 bits per heavy atom. The van der Waals surface area contributed by atoms with Crippen molar-refractivity contribution in [2.24, 2.45) is 5.92 Å². The third-order valence-electron chi connectivity index (χ3n) is 5.70. The fourth-order valence-electron chi connectivity index (χ4n) is 4.49. The lowest BCUT2D eigenvalue weighted by atomic mass is 9.61. The second-order valence-corrected chi connectivity index (χ2v) is 8.04. The first-order chi connectivity index (χ1) is 12.3. The molecule has 2 atom stereocenters. The van der Waals surface area contributed by atoms with E-state index in [1.54, 1.807) is 11.8 Å². The van der Waals surface area contributed by atoms with Gasteiger partial charge in [-0.15, -0.1) is 11.8 Å². The number of hydrogen-bond donors (Lipinski definition) is 0. The van der Waals surface area contributed by atoms with E-state index < -0.39 is 0 Å². The fourth-order valence-corrected chi connectivity index (χ4v) is 5.30. The van der Waals surface area contributed by atoms with Gasteiger partial charge in [0.2, 0.25) is 5.91 Å². The molecule has 130 valence electrons. The number of nitrogens with zero attached hydrogens (tertiary/aromatic N) is 2. The van der Waals surface area contributed by atoms with Crippen LogP contribution >= 0.6 is 11.8 Å². The lowest BCUT2D eigenvalue weighted by Gasteiger charge is -2.61. The quantitative estimate of drug-likeness (QED) is 0.807. The van der Waals surface area contributed by atoms with Crippen molar-refractivity contribution in [1.82, 2.24) is 9.88 Å². The number of rotatable bonds is 5. The van der Waals surface area contributed by atoms with E-state index in [4.69, 9.17) is 0 Å². The summed E-state index contributed by atoms with van der Waals surface area (Å²) in [6.07, 6.45) is 6.69. The van der Waals surface area contributed by atoms with E-state index in [9.17, 15) is 4.79 Å². The smallest absolute Gasteiger partial charge is 0.233 e. The van der Waals surface area contributed by atoms with Gasteiger partial charge < -0.3 is 4.90 Å². The minimum absolute atomic E-state index is 0.0395. The zero-order valence-electron chi connectivity index (χ0n) is 14.4. The average molecular weight is 353 g/mol. The van der Waals surface area contributed by atoms with Crippen LogP contribution in [0.5, 0.6) is 0 Å². The Morgan fingerprint density at radius 3 is 2.76 bits per heavy atom. The maximum Gasteiger partial charge on any atom is 0.233 e. The number of amides is 1. The highest BCUT2D eigenvalue weighted by molar-refractivity contribution is 7.99. The van der Waals surface area contributed by atoms with Crippen LogP contribution < -0.4 is 0 Å². The van der Waals surface area contributed by atoms with Gasteiger partial charge in [-0.05, 0) is 30.5 Å². The molecule has 2 heterocycles. The molecular formula is C21H24N2OS. The van der Waals surface area contributed by atoms with Crippen LogP contribution in [0.2, 0.25) is 0 Å². The average Bonchev–Trinajstić information content (AvgIpc) is 2.64. The summed E-state index contributed by atoms with van der Waals surface area (Å²) in [5, 5.41) is 0. The SMILES string of the molecule is O=C(CSCc1ccccn1)N1C[C@H]2CCCC[C@]21c1ccccc1. The second kappa shape index (κ2) is 7.20. The van der Waals surface area contributed by atoms with Crippen LogP contribution in [-0.2, 0) is 16.1 Å². The van der Waals surface area contributed by atoms with Gasteiger partial charge in [0, 0.05) is 24.4 Å². The van der Waals surface area contributed by atoms with E-state index in [1.165, 1.54) is 24.8 Å². The van der Waals surface area contributed by atoms with Crippen molar-refractivity contribution in [2.45, 2.75) is 37.0 Å². The Kier molecular flexibility index (Phi) is 4.80. The van der Waals surface area contributed by atoms with Gasteiger partial charge in [-0.25, -0.2) is 0 Å². The van der Waals surface area contributed by atoms with Gasteiger partial charge in [0.15, 0.2) is 0 Å². The van der Waals surface area contributed by atoms with Crippen molar-refractivity contribution in [3.63, 3.8) is 0 Å². The van der Waals surface area contributed by atoms with Crippen LogP contribution in [0.15, 0.2) is 54.7 Å². The molecule has 0 unspecified atom stereocenters. The molecule has 1 amide bonds. The van der Waals surface area contributed by atoms with E-state index in [2.05, 4.69) is 40.2 Å². The normalized spacial score (nSPS) is 25.1. The number of pyridine rings is 1. The minimum atomic E-state index is -0.0395. The molecule has 2 aliphatic rings. The van der Waals surface area contributed by atoms with Crippen molar-refractivity contribution in [3.8, 4) is 0 Å². The van der Waals surface area contributed by atoms with Gasteiger partial charge in [0.1, 0.15) is 0 Å². The summed E-state index contributed by atoms with van der Waals surface area (Å²) >= 11 is 1.67. The molecule has 1 aromatic heterocycles. The fraction of sp³-hybridized carbons (Fsp3) is 0.429. The number of likely N-dealkylation sites (tertiary alicyclic amines) is 1. The topological polar surface area (TPSA) is 33.2 Å². The number of fused-ring (bicyclic) bond motifs is 1. The maximum absolute atomic E-state index is 12.9. The molecule has 1 saturated heterocycles. The summed E-state index contributed by atoms with van der Waals surface area (Å²) in [4.78, 5) is 19.4. The van der Waals surface area contributed by atoms with E-state index in [-0.39, 0.29) is 11.4 Å². The Bertz CT molecular complexity index is 721. The van der Waals surface area contributed by atoms with E-state index in [1.807, 2.05) is 24.4 Å². The molecule has 0 radical (unpaired) electrons. The van der Waals surface area contributed by atoms with Crippen molar-refractivity contribution in [3.05, 3.63) is 66.0 Å². The minimum Gasteiger partial charge on any atom is -0.332 e. The molecule has 2 aromatic rings. The standard InChI is InChI=1S/C21H24N2OS/c24-20(16-25-15-19-11-5-7-13-22-19)23-14-18-10-4-6-12-21(18,23)17-8-2-1-3-9-17/h1-3,5,7-9,11,13,18H,4,6,10,12,14-16H2/t18-,21+/m1/s1. The predicted molar refractivity (Wildman–Crippen MR) is 102 cm³/mol. The summed E-state index contributed by atoms with van der Waals surface area (Å²) in [5.41, 5.74) is 2.33. The molecule has 3 nitrogen and oxygen atoms in total. The lowest BCUT2D eigenvalue weighted by Crippen LogP contribution is -2.68. The predicted octanol–water partition coefficient (Wildman–Crippen LogP) is 4.24. The number of aromatic nitrogens is 1. The van der Waals surface area contributed by atoms with Gasteiger partial charge in [0.25, 0.3) is 0 Å². The summed E-state index contributed by atoms with van der Waals surface area (Å²) in [6.45, 7) is 0.928. The van der Waals surface area contributed by atoms with Crippen LogP contribution in [0.25, 0.3) is 0 Å². The van der Waals surface area contributed by atoms with Gasteiger partial charge in [-0.2, -0.15) is 0 Å². The van der Waals surface area contributed by atoms with E-state index in [0.717, 1.165) is 24.4 Å². The zero-order chi connectivity index (χ0) is 17.1. The highest BCUT2D eigenvalue weighted by Gasteiger charge is 2.56. The van der Waals surface area contributed by atoms with Crippen molar-refractivity contribution >= 4 is 17.7 Å². The Morgan fingerprint density at radius 2 is 2.00 bits per heavy atom. The molecule has 1 aliphatic carbocycles. The summed E-state index contributed by atoms with van der Waals surface area (Å²) in [6, 6.07) is 16.6. The number of carbonyl (C=O) groups is 1. The van der Waals surface area contributed by atoms with E-state index in [0.29, 0.717) is 11.7 Å². The van der Waals surface area contributed by atoms with Crippen molar-refractivity contribution in [2.75, 3.05) is 12.3 Å². The molecule has 0 spiro atoms. The summed E-state index contributed by atoms with van der Waals surface area (Å²) in [7, 11) is 0. The second-order valence-electron chi connectivity index (χ2n) is 7.05. The van der Waals surface area contributed by atoms with Crippen LogP contribution in [-0.4, -0.2) is 28.1 Å². The van der Waals surface area contributed by atoms with Gasteiger partial charge >= 0.3 is 0 Å². The first-order valence-electron chi connectivity index (χ1n) is 9.14. The zero-order valence-corrected chi connectivity index (χ0v) is 15.3. The third-order valence-corrected chi connectivity index (χ3v) is 6.65. The van der Waals surface area contributed by atoms with Gasteiger partial charge in [-0.3, -0.25) is 9.78 Å². The molecule has 1 aromatic carbocycles. The molecule has 0 N–H and O–H groups in total. The van der Waals surface area contributed by atoms with Crippen molar-refractivity contribution < 1.29 is 4.79 Å². The Labute approximate surface area is 153 Å². The highest BCUT2D eigenvalue weighted by Crippen LogP contribution is 2.53. The van der Waals surface area contributed by atoms with Gasteiger partial charge in [0.05, 0.1) is 17.0 Å². The van der Waals surface area contributed by atoms with Crippen LogP contribution in [0.3, 0.4) is 0 Å². The molecule has 25 heavy (non-hydrogen) atoms. The van der Waals surface area contributed by atoms with Crippen molar-refractivity contribution in [1.29, 1.82) is 0 Å². The summed E-state index contributed by atoms with van der Waals surface area (Å²) in [5.74, 6) is 2.25. The number of thioether (sulfide) groups is 1. The van der Waals surface area contributed by atoms with Crippen LogP contribution in [0.1, 0.15) is 36.9 Å². The molecule has 1 aliphatic heterocycles. The Hall–Kier alpha value is -1.81. The first-order valence-corrected chi connectivity index (χ1v) is 10.3. The summed E-state index contributed by atoms with van der Waals surface area (Å²) < 4.78 is 0. The monoisotopic (exact) mass is 352 g/mol. The van der Waals surface area contributed by atoms with Crippen LogP contribution in [0, 0.1) is 5.92 Å². The first kappa shape index (κ1) is 16.6. The molecule has 4 rings (SSSR count). The van der Waals surface area contributed by atoms with E-state index >= 15 is 0 Å². The Balaban J connectivity index is 1.45. The lowest BCUT2D eigenvalue weighted by molar-refractivity contribution is -0.163. The number of carbonyl (C=O) groups excluding carboxylic acids is 1. The van der Waals surface area contributed by atoms with Gasteiger partial charge in [-0.1, -0.05) is 49.2 Å². The number of hydrogen-bond acceptors (Lipinski definition) is 3. The molecule has 0 bridgehead atoms. The third kappa shape index (κ3) is 3.08. The molecule has 4 heteroatoms. The molecule has 1 saturated carbocycles. The van der Waals surface area contributed by atoms with Crippen LogP contribution in [0.4, 0.5) is 0 Å². The molecule has 2 fully saturated rings. The molecular weight excluding hydrogens is 328 g/mol.